The van der Waals surface area contributed by atoms with Gasteiger partial charge in [0.1, 0.15) is 0 Å². The van der Waals surface area contributed by atoms with Gasteiger partial charge in [-0.15, -0.1) is 0 Å². The van der Waals surface area contributed by atoms with Crippen molar-refractivity contribution in [3.05, 3.63) is 34.9 Å². The van der Waals surface area contributed by atoms with Crippen LogP contribution in [0.15, 0.2) is 18.2 Å². The molecule has 0 aromatic heterocycles. The van der Waals surface area contributed by atoms with Crippen LogP contribution in [-0.4, -0.2) is 0 Å². The van der Waals surface area contributed by atoms with Gasteiger partial charge in [0.05, 0.1) is 5.56 Å². The van der Waals surface area contributed by atoms with Crippen molar-refractivity contribution in [3.8, 4) is 0 Å². The van der Waals surface area contributed by atoms with Crippen LogP contribution in [0.4, 0.5) is 13.2 Å². The van der Waals surface area contributed by atoms with E-state index in [0.29, 0.717) is 11.5 Å². The fourth-order valence-electron chi connectivity index (χ4n) is 2.28. The molecule has 3 heteroatoms. The van der Waals surface area contributed by atoms with Gasteiger partial charge in [0.25, 0.3) is 0 Å². The summed E-state index contributed by atoms with van der Waals surface area (Å²) in [5.41, 5.74) is 0.940. The Morgan fingerprint density at radius 2 is 1.71 bits per heavy atom. The molecule has 0 aliphatic rings. The van der Waals surface area contributed by atoms with Gasteiger partial charge in [0.15, 0.2) is 0 Å². The summed E-state index contributed by atoms with van der Waals surface area (Å²) in [6.45, 7) is 7.82. The minimum atomic E-state index is -4.25. The summed E-state index contributed by atoms with van der Waals surface area (Å²) in [6.07, 6.45) is -3.39. The lowest BCUT2D eigenvalue weighted by Crippen LogP contribution is -2.10. The minimum Gasteiger partial charge on any atom is -0.166 e. The maximum atomic E-state index is 12.7. The van der Waals surface area contributed by atoms with Crippen LogP contribution >= 0.6 is 0 Å². The summed E-state index contributed by atoms with van der Waals surface area (Å²) in [4.78, 5) is 0. The molecule has 1 aromatic rings. The lowest BCUT2D eigenvalue weighted by Gasteiger charge is -2.21. The van der Waals surface area contributed by atoms with Crippen molar-refractivity contribution in [3.63, 3.8) is 0 Å². The average molecular weight is 244 g/mol. The van der Waals surface area contributed by atoms with Crippen molar-refractivity contribution in [1.29, 1.82) is 0 Å². The molecular weight excluding hydrogens is 225 g/mol. The van der Waals surface area contributed by atoms with Crippen molar-refractivity contribution in [2.75, 3.05) is 0 Å². The first-order chi connectivity index (χ1) is 7.75. The summed E-state index contributed by atoms with van der Waals surface area (Å²) in [5, 5.41) is 0. The zero-order valence-electron chi connectivity index (χ0n) is 10.7. The standard InChI is InChI=1S/C14H19F3/c1-5-13(9(2)3)11-6-10(4)7-12(8-11)14(15,16)17/h6-9,13H,5H2,1-4H3. The monoisotopic (exact) mass is 244 g/mol. The second-order valence-electron chi connectivity index (χ2n) is 4.89. The lowest BCUT2D eigenvalue weighted by molar-refractivity contribution is -0.137. The predicted octanol–water partition coefficient (Wildman–Crippen LogP) is 5.16. The van der Waals surface area contributed by atoms with E-state index in [9.17, 15) is 13.2 Å². The molecule has 0 amide bonds. The molecule has 0 N–H and O–H groups in total. The SMILES string of the molecule is CCC(c1cc(C)cc(C(F)(F)F)c1)C(C)C. The highest BCUT2D eigenvalue weighted by molar-refractivity contribution is 5.33. The molecule has 0 fully saturated rings. The van der Waals surface area contributed by atoms with E-state index in [-0.39, 0.29) is 5.92 Å². The van der Waals surface area contributed by atoms with Crippen LogP contribution in [0.1, 0.15) is 49.8 Å². The van der Waals surface area contributed by atoms with Crippen molar-refractivity contribution in [2.45, 2.75) is 46.2 Å². The second kappa shape index (κ2) is 5.11. The van der Waals surface area contributed by atoms with Gasteiger partial charge >= 0.3 is 6.18 Å². The van der Waals surface area contributed by atoms with Crippen molar-refractivity contribution in [2.24, 2.45) is 5.92 Å². The fourth-order valence-corrected chi connectivity index (χ4v) is 2.28. The van der Waals surface area contributed by atoms with Crippen LogP contribution in [0, 0.1) is 12.8 Å². The highest BCUT2D eigenvalue weighted by Crippen LogP contribution is 2.35. The van der Waals surface area contributed by atoms with Gasteiger partial charge in [0, 0.05) is 0 Å². The largest absolute Gasteiger partial charge is 0.416 e. The van der Waals surface area contributed by atoms with E-state index in [4.69, 9.17) is 0 Å². The third kappa shape index (κ3) is 3.48. The molecule has 0 saturated carbocycles. The summed E-state index contributed by atoms with van der Waals surface area (Å²) < 4.78 is 38.1. The molecule has 0 bridgehead atoms. The Morgan fingerprint density at radius 1 is 1.12 bits per heavy atom. The summed E-state index contributed by atoms with van der Waals surface area (Å²) in [7, 11) is 0. The van der Waals surface area contributed by atoms with E-state index < -0.39 is 11.7 Å². The first-order valence-electron chi connectivity index (χ1n) is 5.94. The summed E-state index contributed by atoms with van der Waals surface area (Å²) >= 11 is 0. The van der Waals surface area contributed by atoms with E-state index in [1.165, 1.54) is 12.1 Å². The Labute approximate surface area is 101 Å². The van der Waals surface area contributed by atoms with Gasteiger partial charge in [-0.05, 0) is 42.9 Å². The van der Waals surface area contributed by atoms with Gasteiger partial charge in [-0.1, -0.05) is 32.4 Å². The fraction of sp³-hybridized carbons (Fsp3) is 0.571. The smallest absolute Gasteiger partial charge is 0.166 e. The molecule has 0 spiro atoms. The molecule has 0 nitrogen and oxygen atoms in total. The Morgan fingerprint density at radius 3 is 2.12 bits per heavy atom. The molecule has 0 heterocycles. The van der Waals surface area contributed by atoms with Crippen LogP contribution < -0.4 is 0 Å². The molecule has 1 rings (SSSR count). The number of hydrogen-bond donors (Lipinski definition) is 0. The summed E-state index contributed by atoms with van der Waals surface area (Å²) in [6, 6.07) is 4.36. The molecule has 0 aliphatic heterocycles. The van der Waals surface area contributed by atoms with E-state index in [2.05, 4.69) is 0 Å². The van der Waals surface area contributed by atoms with Gasteiger partial charge < -0.3 is 0 Å². The zero-order chi connectivity index (χ0) is 13.2. The van der Waals surface area contributed by atoms with E-state index >= 15 is 0 Å². The lowest BCUT2D eigenvalue weighted by atomic mass is 9.85. The van der Waals surface area contributed by atoms with Gasteiger partial charge in [0.2, 0.25) is 0 Å². The highest BCUT2D eigenvalue weighted by atomic mass is 19.4. The van der Waals surface area contributed by atoms with Gasteiger partial charge in [-0.3, -0.25) is 0 Å². The number of hydrogen-bond acceptors (Lipinski definition) is 0. The molecule has 96 valence electrons. The maximum absolute atomic E-state index is 12.7. The van der Waals surface area contributed by atoms with E-state index in [1.807, 2.05) is 26.8 Å². The Balaban J connectivity index is 3.21. The molecule has 1 unspecified atom stereocenters. The number of alkyl halides is 3. The highest BCUT2D eigenvalue weighted by Gasteiger charge is 2.31. The normalized spacial score (nSPS) is 14.1. The molecule has 0 saturated heterocycles. The molecule has 0 radical (unpaired) electrons. The Kier molecular flexibility index (Phi) is 4.23. The number of aryl methyl sites for hydroxylation is 1. The van der Waals surface area contributed by atoms with Crippen LogP contribution in [0.2, 0.25) is 0 Å². The van der Waals surface area contributed by atoms with Crippen molar-refractivity contribution >= 4 is 0 Å². The second-order valence-corrected chi connectivity index (χ2v) is 4.89. The van der Waals surface area contributed by atoms with Crippen LogP contribution in [0.25, 0.3) is 0 Å². The Bertz CT molecular complexity index is 378. The van der Waals surface area contributed by atoms with Gasteiger partial charge in [-0.2, -0.15) is 13.2 Å². The first-order valence-corrected chi connectivity index (χ1v) is 5.94. The first kappa shape index (κ1) is 14.1. The van der Waals surface area contributed by atoms with Crippen LogP contribution in [0.5, 0.6) is 0 Å². The minimum absolute atomic E-state index is 0.191. The van der Waals surface area contributed by atoms with Gasteiger partial charge in [-0.25, -0.2) is 0 Å². The molecular formula is C14H19F3. The number of halogens is 3. The van der Waals surface area contributed by atoms with Crippen LogP contribution in [-0.2, 0) is 6.18 Å². The van der Waals surface area contributed by atoms with E-state index in [1.54, 1.807) is 6.92 Å². The topological polar surface area (TPSA) is 0 Å². The third-order valence-corrected chi connectivity index (χ3v) is 3.10. The molecule has 1 atom stereocenters. The quantitative estimate of drug-likeness (QED) is 0.688. The third-order valence-electron chi connectivity index (χ3n) is 3.10. The average Bonchev–Trinajstić information content (AvgIpc) is 2.15. The summed E-state index contributed by atoms with van der Waals surface area (Å²) in [5.74, 6) is 0.541. The molecule has 0 aliphatic carbocycles. The number of benzene rings is 1. The maximum Gasteiger partial charge on any atom is 0.416 e. The van der Waals surface area contributed by atoms with E-state index in [0.717, 1.165) is 12.0 Å². The van der Waals surface area contributed by atoms with Crippen molar-refractivity contribution in [1.82, 2.24) is 0 Å². The predicted molar refractivity (Wildman–Crippen MR) is 64.1 cm³/mol. The molecule has 17 heavy (non-hydrogen) atoms. The number of rotatable bonds is 3. The zero-order valence-corrected chi connectivity index (χ0v) is 10.7. The van der Waals surface area contributed by atoms with Crippen molar-refractivity contribution < 1.29 is 13.2 Å². The van der Waals surface area contributed by atoms with Crippen LogP contribution in [0.3, 0.4) is 0 Å². The Hall–Kier alpha value is -0.990. The molecule has 1 aromatic carbocycles.